The fourth-order valence-corrected chi connectivity index (χ4v) is 3.99. The monoisotopic (exact) mass is 417 g/mol. The number of aryl methyl sites for hydroxylation is 2. The Morgan fingerprint density at radius 3 is 2.55 bits per heavy atom. The van der Waals surface area contributed by atoms with E-state index in [0.29, 0.717) is 36.8 Å². The summed E-state index contributed by atoms with van der Waals surface area (Å²) in [5, 5.41) is 0. The molecule has 3 heterocycles. The summed E-state index contributed by atoms with van der Waals surface area (Å²) in [5.74, 6) is 1.42. The number of hydrogen-bond acceptors (Lipinski definition) is 5. The quantitative estimate of drug-likeness (QED) is 0.510. The van der Waals surface area contributed by atoms with Crippen LogP contribution >= 0.6 is 0 Å². The molecule has 0 amide bonds. The summed E-state index contributed by atoms with van der Waals surface area (Å²) in [6.45, 7) is 3.85. The summed E-state index contributed by atoms with van der Waals surface area (Å²) < 4.78 is 10.4. The Balaban J connectivity index is 1.48. The van der Waals surface area contributed by atoms with Gasteiger partial charge in [-0.3, -0.25) is 13.9 Å². The molecule has 0 aliphatic carbocycles. The first-order valence-electron chi connectivity index (χ1n) is 10.2. The van der Waals surface area contributed by atoms with Crippen LogP contribution in [-0.4, -0.2) is 25.2 Å². The number of rotatable bonds is 4. The van der Waals surface area contributed by atoms with Crippen molar-refractivity contribution in [3.63, 3.8) is 0 Å². The lowest BCUT2D eigenvalue weighted by atomic mass is 10.2. The molecule has 2 aromatic carbocycles. The lowest BCUT2D eigenvalue weighted by Gasteiger charge is -2.17. The van der Waals surface area contributed by atoms with E-state index in [1.165, 1.54) is 17.2 Å². The third-order valence-electron chi connectivity index (χ3n) is 5.77. The normalized spacial score (nSPS) is 13.1. The van der Waals surface area contributed by atoms with Gasteiger partial charge in [0.25, 0.3) is 5.56 Å². The van der Waals surface area contributed by atoms with E-state index in [1.807, 2.05) is 33.7 Å². The average Bonchev–Trinajstić information content (AvgIpc) is 3.35. The van der Waals surface area contributed by atoms with Crippen LogP contribution in [0.15, 0.2) is 58.1 Å². The van der Waals surface area contributed by atoms with Gasteiger partial charge in [0.15, 0.2) is 11.2 Å². The number of aromatic nitrogens is 4. The van der Waals surface area contributed by atoms with E-state index in [-0.39, 0.29) is 11.2 Å². The zero-order chi connectivity index (χ0) is 21.7. The molecule has 0 radical (unpaired) electrons. The predicted molar refractivity (Wildman–Crippen MR) is 119 cm³/mol. The van der Waals surface area contributed by atoms with Crippen molar-refractivity contribution >= 4 is 22.8 Å². The molecule has 0 bridgehead atoms. The van der Waals surface area contributed by atoms with Crippen LogP contribution in [-0.2, 0) is 27.2 Å². The maximum Gasteiger partial charge on any atom is 0.332 e. The highest BCUT2D eigenvalue weighted by molar-refractivity contribution is 5.77. The van der Waals surface area contributed by atoms with Crippen molar-refractivity contribution in [3.8, 4) is 5.75 Å². The number of imidazole rings is 1. The molecule has 0 N–H and O–H groups in total. The molecule has 158 valence electrons. The van der Waals surface area contributed by atoms with Gasteiger partial charge in [-0.1, -0.05) is 35.9 Å². The average molecular weight is 417 g/mol. The van der Waals surface area contributed by atoms with Gasteiger partial charge in [0.1, 0.15) is 12.4 Å². The third kappa shape index (κ3) is 3.11. The molecule has 0 spiro atoms. The highest BCUT2D eigenvalue weighted by Crippen LogP contribution is 2.33. The number of hydrogen-bond donors (Lipinski definition) is 0. The standard InChI is InChI=1S/C23H23N5O3/c1-15-7-9-16(10-8-15)14-31-18-6-4-5-17(13-18)27-11-12-28-19-20(24-22(27)28)25(2)23(30)26(3)21(19)29/h4-10,13H,11-12,14H2,1-3H3. The Kier molecular flexibility index (Phi) is 4.43. The van der Waals surface area contributed by atoms with Crippen molar-refractivity contribution < 1.29 is 4.74 Å². The largest absolute Gasteiger partial charge is 0.489 e. The molecule has 0 fully saturated rings. The van der Waals surface area contributed by atoms with Crippen LogP contribution in [0.1, 0.15) is 11.1 Å². The van der Waals surface area contributed by atoms with Gasteiger partial charge in [-0.25, -0.2) is 4.79 Å². The third-order valence-corrected chi connectivity index (χ3v) is 5.77. The number of fused-ring (bicyclic) bond motifs is 3. The SMILES string of the molecule is Cc1ccc(COc2cccc(N3CCn4c3nc3c4c(=O)n(C)c(=O)n3C)c2)cc1. The number of benzene rings is 2. The van der Waals surface area contributed by atoms with Crippen LogP contribution in [0.5, 0.6) is 5.75 Å². The van der Waals surface area contributed by atoms with Crippen molar-refractivity contribution in [3.05, 3.63) is 80.5 Å². The van der Waals surface area contributed by atoms with Gasteiger partial charge < -0.3 is 14.2 Å². The molecule has 0 atom stereocenters. The highest BCUT2D eigenvalue weighted by atomic mass is 16.5. The van der Waals surface area contributed by atoms with E-state index in [9.17, 15) is 9.59 Å². The zero-order valence-electron chi connectivity index (χ0n) is 17.7. The maximum atomic E-state index is 12.7. The first kappa shape index (κ1) is 19.2. The minimum Gasteiger partial charge on any atom is -0.489 e. The van der Waals surface area contributed by atoms with Crippen molar-refractivity contribution in [2.45, 2.75) is 20.1 Å². The Labute approximate surface area is 178 Å². The van der Waals surface area contributed by atoms with Crippen molar-refractivity contribution in [1.82, 2.24) is 18.7 Å². The summed E-state index contributed by atoms with van der Waals surface area (Å²) in [5.41, 5.74) is 3.40. The van der Waals surface area contributed by atoms with Crippen molar-refractivity contribution in [1.29, 1.82) is 0 Å². The minimum atomic E-state index is -0.382. The Morgan fingerprint density at radius 2 is 1.77 bits per heavy atom. The molecule has 1 aliphatic rings. The summed E-state index contributed by atoms with van der Waals surface area (Å²) >= 11 is 0. The van der Waals surface area contributed by atoms with Gasteiger partial charge in [0.2, 0.25) is 5.95 Å². The molecule has 8 nitrogen and oxygen atoms in total. The molecule has 0 unspecified atom stereocenters. The van der Waals surface area contributed by atoms with E-state index in [2.05, 4.69) is 36.2 Å². The first-order valence-corrected chi connectivity index (χ1v) is 10.2. The van der Waals surface area contributed by atoms with Gasteiger partial charge in [0, 0.05) is 38.9 Å². The predicted octanol–water partition coefficient (Wildman–Crippen LogP) is 2.47. The lowest BCUT2D eigenvalue weighted by Crippen LogP contribution is -2.37. The number of anilines is 2. The lowest BCUT2D eigenvalue weighted by molar-refractivity contribution is 0.306. The summed E-state index contributed by atoms with van der Waals surface area (Å²) in [4.78, 5) is 31.7. The van der Waals surface area contributed by atoms with Crippen LogP contribution < -0.4 is 20.9 Å². The van der Waals surface area contributed by atoms with Gasteiger partial charge in [-0.05, 0) is 24.6 Å². The molecule has 4 aromatic rings. The molecule has 2 aromatic heterocycles. The highest BCUT2D eigenvalue weighted by Gasteiger charge is 2.28. The molecule has 1 aliphatic heterocycles. The first-order chi connectivity index (χ1) is 14.9. The van der Waals surface area contributed by atoms with Gasteiger partial charge >= 0.3 is 5.69 Å². The molecule has 0 saturated carbocycles. The fourth-order valence-electron chi connectivity index (χ4n) is 3.99. The van der Waals surface area contributed by atoms with Crippen molar-refractivity contribution in [2.24, 2.45) is 14.1 Å². The topological polar surface area (TPSA) is 74.3 Å². The smallest absolute Gasteiger partial charge is 0.332 e. The van der Waals surface area contributed by atoms with Crippen LogP contribution in [0.4, 0.5) is 11.6 Å². The second-order valence-electron chi connectivity index (χ2n) is 7.86. The van der Waals surface area contributed by atoms with E-state index in [4.69, 9.17) is 4.74 Å². The molecule has 0 saturated heterocycles. The van der Waals surface area contributed by atoms with Crippen LogP contribution in [0.2, 0.25) is 0 Å². The van der Waals surface area contributed by atoms with E-state index < -0.39 is 0 Å². The summed E-state index contributed by atoms with van der Waals surface area (Å²) in [6.07, 6.45) is 0. The molecule has 5 rings (SSSR count). The van der Waals surface area contributed by atoms with Crippen LogP contribution in [0, 0.1) is 6.92 Å². The number of ether oxygens (including phenoxy) is 1. The Bertz CT molecular complexity index is 1410. The van der Waals surface area contributed by atoms with Gasteiger partial charge in [0.05, 0.1) is 0 Å². The van der Waals surface area contributed by atoms with Crippen LogP contribution in [0.25, 0.3) is 11.2 Å². The van der Waals surface area contributed by atoms with Gasteiger partial charge in [-0.2, -0.15) is 4.98 Å². The van der Waals surface area contributed by atoms with E-state index in [0.717, 1.165) is 21.6 Å². The summed E-state index contributed by atoms with van der Waals surface area (Å²) in [7, 11) is 3.13. The summed E-state index contributed by atoms with van der Waals surface area (Å²) in [6, 6.07) is 16.1. The second-order valence-corrected chi connectivity index (χ2v) is 7.86. The second kappa shape index (κ2) is 7.16. The fraction of sp³-hybridized carbons (Fsp3) is 0.261. The van der Waals surface area contributed by atoms with E-state index >= 15 is 0 Å². The van der Waals surface area contributed by atoms with Gasteiger partial charge in [-0.15, -0.1) is 0 Å². The van der Waals surface area contributed by atoms with E-state index in [1.54, 1.807) is 7.05 Å². The Morgan fingerprint density at radius 1 is 1.00 bits per heavy atom. The molecule has 8 heteroatoms. The minimum absolute atomic E-state index is 0.325. The zero-order valence-corrected chi connectivity index (χ0v) is 17.7. The molecular weight excluding hydrogens is 394 g/mol. The van der Waals surface area contributed by atoms with Crippen LogP contribution in [0.3, 0.4) is 0 Å². The van der Waals surface area contributed by atoms with Crippen molar-refractivity contribution in [2.75, 3.05) is 11.4 Å². The number of nitrogens with zero attached hydrogens (tertiary/aromatic N) is 5. The maximum absolute atomic E-state index is 12.7. The molecule has 31 heavy (non-hydrogen) atoms. The molecular formula is C23H23N5O3. The Hall–Kier alpha value is -3.81.